The van der Waals surface area contributed by atoms with Gasteiger partial charge in [0.05, 0.1) is 0 Å². The lowest BCUT2D eigenvalue weighted by Gasteiger charge is -2.23. The number of rotatable bonds is 2. The first kappa shape index (κ1) is 12.4. The molecule has 0 unspecified atom stereocenters. The molecule has 2 amide bonds. The molecule has 1 aliphatic rings. The van der Waals surface area contributed by atoms with E-state index in [0.29, 0.717) is 12.0 Å². The molecule has 3 rings (SSSR count). The Morgan fingerprint density at radius 3 is 2.35 bits per heavy atom. The smallest absolute Gasteiger partial charge is 0.259 e. The number of nitrogens with zero attached hydrogens (tertiary/aromatic N) is 1. The zero-order chi connectivity index (χ0) is 14.1. The summed E-state index contributed by atoms with van der Waals surface area (Å²) in [6.07, 6.45) is 0.476. The highest BCUT2D eigenvalue weighted by Crippen LogP contribution is 2.33. The largest absolute Gasteiger partial charge is 0.368 e. The first-order chi connectivity index (χ1) is 9.68. The Kier molecular flexibility index (Phi) is 2.99. The predicted octanol–water partition coefficient (Wildman–Crippen LogP) is 1.74. The van der Waals surface area contributed by atoms with E-state index in [9.17, 15) is 9.59 Å². The van der Waals surface area contributed by atoms with Gasteiger partial charge in [-0.3, -0.25) is 14.5 Å². The maximum Gasteiger partial charge on any atom is 0.259 e. The molecule has 0 spiro atoms. The molecule has 1 heterocycles. The van der Waals surface area contributed by atoms with Crippen LogP contribution in [0.1, 0.15) is 15.9 Å². The molecular weight excluding hydrogens is 252 g/mol. The third-order valence-corrected chi connectivity index (χ3v) is 3.54. The molecule has 0 aliphatic carbocycles. The zero-order valence-electron chi connectivity index (χ0n) is 10.8. The summed E-state index contributed by atoms with van der Waals surface area (Å²) in [4.78, 5) is 25.8. The van der Waals surface area contributed by atoms with Gasteiger partial charge in [0.25, 0.3) is 5.91 Å². The van der Waals surface area contributed by atoms with Crippen LogP contribution in [0.25, 0.3) is 0 Å². The molecule has 1 aliphatic heterocycles. The number of hydrogen-bond acceptors (Lipinski definition) is 2. The Labute approximate surface area is 116 Å². The third kappa shape index (κ3) is 1.95. The standard InChI is InChI=1S/C16H14N2O2/c17-15(19)14-10-12-8-4-5-9-13(12)18(14)16(20)11-6-2-1-3-7-11/h1-9,14H,10H2,(H2,17,19)/t14-/m1/s1. The Bertz CT molecular complexity index is 667. The van der Waals surface area contributed by atoms with E-state index in [1.165, 1.54) is 4.90 Å². The van der Waals surface area contributed by atoms with Crippen molar-refractivity contribution in [1.82, 2.24) is 0 Å². The SMILES string of the molecule is NC(=O)[C@H]1Cc2ccccc2N1C(=O)c1ccccc1. The van der Waals surface area contributed by atoms with Crippen molar-refractivity contribution in [1.29, 1.82) is 0 Å². The number of nitrogens with two attached hydrogens (primary N) is 1. The summed E-state index contributed by atoms with van der Waals surface area (Å²) in [5.74, 6) is -0.676. The third-order valence-electron chi connectivity index (χ3n) is 3.54. The lowest BCUT2D eigenvalue weighted by molar-refractivity contribution is -0.119. The number of para-hydroxylation sites is 1. The van der Waals surface area contributed by atoms with Crippen molar-refractivity contribution >= 4 is 17.5 Å². The topological polar surface area (TPSA) is 63.4 Å². The molecule has 2 N–H and O–H groups in total. The van der Waals surface area contributed by atoms with Crippen LogP contribution in [-0.4, -0.2) is 17.9 Å². The first-order valence-electron chi connectivity index (χ1n) is 6.44. The van der Waals surface area contributed by atoms with Crippen LogP contribution < -0.4 is 10.6 Å². The van der Waals surface area contributed by atoms with Gasteiger partial charge in [0.1, 0.15) is 6.04 Å². The van der Waals surface area contributed by atoms with Crippen LogP contribution in [0.5, 0.6) is 0 Å². The van der Waals surface area contributed by atoms with Gasteiger partial charge in [0.2, 0.25) is 5.91 Å². The molecule has 0 saturated heterocycles. The normalized spacial score (nSPS) is 16.8. The van der Waals surface area contributed by atoms with E-state index in [-0.39, 0.29) is 5.91 Å². The van der Waals surface area contributed by atoms with Crippen molar-refractivity contribution in [3.8, 4) is 0 Å². The highest BCUT2D eigenvalue weighted by molar-refractivity contribution is 6.11. The number of anilines is 1. The lowest BCUT2D eigenvalue weighted by Crippen LogP contribution is -2.46. The van der Waals surface area contributed by atoms with Gasteiger partial charge in [-0.15, -0.1) is 0 Å². The molecule has 2 aromatic carbocycles. The Hall–Kier alpha value is -2.62. The fourth-order valence-corrected chi connectivity index (χ4v) is 2.58. The summed E-state index contributed by atoms with van der Waals surface area (Å²) in [6, 6.07) is 15.8. The van der Waals surface area contributed by atoms with Crippen molar-refractivity contribution < 1.29 is 9.59 Å². The van der Waals surface area contributed by atoms with Gasteiger partial charge in [-0.25, -0.2) is 0 Å². The van der Waals surface area contributed by atoms with E-state index in [1.807, 2.05) is 30.3 Å². The van der Waals surface area contributed by atoms with E-state index in [0.717, 1.165) is 11.3 Å². The minimum atomic E-state index is -0.611. The van der Waals surface area contributed by atoms with Gasteiger partial charge in [-0.1, -0.05) is 36.4 Å². The second-order valence-corrected chi connectivity index (χ2v) is 4.79. The number of fused-ring (bicyclic) bond motifs is 1. The number of benzene rings is 2. The minimum Gasteiger partial charge on any atom is -0.368 e. The summed E-state index contributed by atoms with van der Waals surface area (Å²) < 4.78 is 0. The Morgan fingerprint density at radius 2 is 1.65 bits per heavy atom. The number of amides is 2. The van der Waals surface area contributed by atoms with E-state index in [1.54, 1.807) is 24.3 Å². The molecule has 0 bridgehead atoms. The monoisotopic (exact) mass is 266 g/mol. The van der Waals surface area contributed by atoms with Crippen molar-refractivity contribution in [2.24, 2.45) is 5.73 Å². The molecule has 0 radical (unpaired) electrons. The fourth-order valence-electron chi connectivity index (χ4n) is 2.58. The highest BCUT2D eigenvalue weighted by atomic mass is 16.2. The van der Waals surface area contributed by atoms with E-state index < -0.39 is 11.9 Å². The Morgan fingerprint density at radius 1 is 1.00 bits per heavy atom. The van der Waals surface area contributed by atoms with Crippen LogP contribution in [0.3, 0.4) is 0 Å². The number of carbonyl (C=O) groups excluding carboxylic acids is 2. The van der Waals surface area contributed by atoms with E-state index in [2.05, 4.69) is 0 Å². The summed E-state index contributed by atoms with van der Waals surface area (Å²) in [6.45, 7) is 0. The van der Waals surface area contributed by atoms with E-state index >= 15 is 0 Å². The molecule has 0 fully saturated rings. The second kappa shape index (κ2) is 4.81. The van der Waals surface area contributed by atoms with Crippen molar-refractivity contribution in [3.63, 3.8) is 0 Å². The van der Waals surface area contributed by atoms with Gasteiger partial charge in [0.15, 0.2) is 0 Å². The summed E-state index contributed by atoms with van der Waals surface area (Å²) in [5.41, 5.74) is 7.74. The van der Waals surface area contributed by atoms with Gasteiger partial charge in [-0.2, -0.15) is 0 Å². The first-order valence-corrected chi connectivity index (χ1v) is 6.44. The lowest BCUT2D eigenvalue weighted by atomic mass is 10.1. The molecule has 0 aromatic heterocycles. The summed E-state index contributed by atoms with van der Waals surface area (Å²) in [7, 11) is 0. The Balaban J connectivity index is 2.05. The quantitative estimate of drug-likeness (QED) is 0.900. The summed E-state index contributed by atoms with van der Waals surface area (Å²) in [5, 5.41) is 0. The number of hydrogen-bond donors (Lipinski definition) is 1. The van der Waals surface area contributed by atoms with Crippen LogP contribution in [-0.2, 0) is 11.2 Å². The van der Waals surface area contributed by atoms with E-state index in [4.69, 9.17) is 5.73 Å². The summed E-state index contributed by atoms with van der Waals surface area (Å²) >= 11 is 0. The van der Waals surface area contributed by atoms with Gasteiger partial charge < -0.3 is 5.73 Å². The molecule has 2 aromatic rings. The minimum absolute atomic E-state index is 0.195. The molecule has 1 atom stereocenters. The van der Waals surface area contributed by atoms with Crippen LogP contribution in [0, 0.1) is 0 Å². The number of primary amides is 1. The van der Waals surface area contributed by atoms with Crippen molar-refractivity contribution in [3.05, 3.63) is 65.7 Å². The molecular formula is C16H14N2O2. The van der Waals surface area contributed by atoms with Gasteiger partial charge in [-0.05, 0) is 23.8 Å². The fraction of sp³-hybridized carbons (Fsp3) is 0.125. The maximum absolute atomic E-state index is 12.6. The van der Waals surface area contributed by atoms with Crippen LogP contribution in [0.15, 0.2) is 54.6 Å². The molecule has 4 nitrogen and oxygen atoms in total. The number of carbonyl (C=O) groups is 2. The van der Waals surface area contributed by atoms with Crippen molar-refractivity contribution in [2.45, 2.75) is 12.5 Å². The molecule has 100 valence electrons. The van der Waals surface area contributed by atoms with Crippen LogP contribution in [0.2, 0.25) is 0 Å². The average Bonchev–Trinajstić information content (AvgIpc) is 2.87. The molecule has 20 heavy (non-hydrogen) atoms. The van der Waals surface area contributed by atoms with Crippen LogP contribution >= 0.6 is 0 Å². The predicted molar refractivity (Wildman–Crippen MR) is 76.4 cm³/mol. The average molecular weight is 266 g/mol. The highest BCUT2D eigenvalue weighted by Gasteiger charge is 2.37. The van der Waals surface area contributed by atoms with Gasteiger partial charge >= 0.3 is 0 Å². The van der Waals surface area contributed by atoms with Crippen LogP contribution in [0.4, 0.5) is 5.69 Å². The molecule has 4 heteroatoms. The molecule has 0 saturated carbocycles. The zero-order valence-corrected chi connectivity index (χ0v) is 10.8. The maximum atomic E-state index is 12.6. The second-order valence-electron chi connectivity index (χ2n) is 4.79. The van der Waals surface area contributed by atoms with Crippen molar-refractivity contribution in [2.75, 3.05) is 4.90 Å². The van der Waals surface area contributed by atoms with Gasteiger partial charge in [0, 0.05) is 17.7 Å².